The highest BCUT2D eigenvalue weighted by molar-refractivity contribution is 8.13. The molecule has 6 heteroatoms. The molecule has 0 radical (unpaired) electrons. The Morgan fingerprint density at radius 2 is 1.69 bits per heavy atom. The molecule has 0 bridgehead atoms. The van der Waals surface area contributed by atoms with Crippen LogP contribution in [0, 0.1) is 6.92 Å². The SMILES string of the molecule is CCCN1C(=O)SCc2cc(CS(=O)(=O)Cc3ccc(C)cc3)ccc21. The van der Waals surface area contributed by atoms with Gasteiger partial charge in [-0.25, -0.2) is 8.42 Å². The van der Waals surface area contributed by atoms with Crippen molar-refractivity contribution >= 4 is 32.5 Å². The number of hydrogen-bond acceptors (Lipinski definition) is 4. The molecule has 0 saturated heterocycles. The van der Waals surface area contributed by atoms with Gasteiger partial charge in [0.25, 0.3) is 5.24 Å². The van der Waals surface area contributed by atoms with Crippen molar-refractivity contribution in [3.63, 3.8) is 0 Å². The van der Waals surface area contributed by atoms with E-state index in [1.54, 1.807) is 4.90 Å². The van der Waals surface area contributed by atoms with Crippen molar-refractivity contribution in [1.29, 1.82) is 0 Å². The zero-order chi connectivity index (χ0) is 18.7. The van der Waals surface area contributed by atoms with E-state index in [9.17, 15) is 13.2 Å². The van der Waals surface area contributed by atoms with E-state index < -0.39 is 9.84 Å². The summed E-state index contributed by atoms with van der Waals surface area (Å²) in [6.07, 6.45) is 0.887. The second-order valence-electron chi connectivity index (χ2n) is 6.69. The van der Waals surface area contributed by atoms with Gasteiger partial charge in [0.1, 0.15) is 0 Å². The maximum Gasteiger partial charge on any atom is 0.286 e. The number of amides is 1. The third-order valence-electron chi connectivity index (χ3n) is 4.35. The van der Waals surface area contributed by atoms with Crippen molar-refractivity contribution in [2.24, 2.45) is 0 Å². The second-order valence-corrected chi connectivity index (χ2v) is 9.68. The fourth-order valence-corrected chi connectivity index (χ4v) is 5.45. The highest BCUT2D eigenvalue weighted by atomic mass is 32.2. The zero-order valence-corrected chi connectivity index (χ0v) is 16.7. The molecule has 1 aliphatic rings. The summed E-state index contributed by atoms with van der Waals surface area (Å²) >= 11 is 1.28. The van der Waals surface area contributed by atoms with Gasteiger partial charge >= 0.3 is 0 Å². The lowest BCUT2D eigenvalue weighted by atomic mass is 10.1. The van der Waals surface area contributed by atoms with Crippen LogP contribution in [-0.4, -0.2) is 20.2 Å². The third kappa shape index (κ3) is 4.48. The molecule has 0 fully saturated rings. The number of nitrogens with zero attached hydrogens (tertiary/aromatic N) is 1. The normalized spacial score (nSPS) is 14.4. The molecule has 0 aromatic heterocycles. The Morgan fingerprint density at radius 3 is 2.38 bits per heavy atom. The number of carbonyl (C=O) groups is 1. The van der Waals surface area contributed by atoms with Crippen molar-refractivity contribution in [3.8, 4) is 0 Å². The van der Waals surface area contributed by atoms with Crippen molar-refractivity contribution in [3.05, 3.63) is 64.7 Å². The van der Waals surface area contributed by atoms with Gasteiger partial charge in [-0.2, -0.15) is 0 Å². The van der Waals surface area contributed by atoms with Gasteiger partial charge in [0.15, 0.2) is 9.84 Å². The molecular weight excluding hydrogens is 366 g/mol. The zero-order valence-electron chi connectivity index (χ0n) is 15.1. The minimum absolute atomic E-state index is 0.0144. The van der Waals surface area contributed by atoms with Crippen molar-refractivity contribution in [1.82, 2.24) is 0 Å². The van der Waals surface area contributed by atoms with E-state index in [0.29, 0.717) is 12.3 Å². The van der Waals surface area contributed by atoms with Gasteiger partial charge in [-0.1, -0.05) is 60.6 Å². The molecule has 1 heterocycles. The van der Waals surface area contributed by atoms with Crippen LogP contribution in [0.25, 0.3) is 0 Å². The molecule has 2 aromatic carbocycles. The Balaban J connectivity index is 1.78. The molecule has 138 valence electrons. The minimum Gasteiger partial charge on any atom is -0.303 e. The first-order chi connectivity index (χ1) is 12.4. The number of thioether (sulfide) groups is 1. The van der Waals surface area contributed by atoms with Crippen LogP contribution in [0.1, 0.15) is 35.6 Å². The largest absolute Gasteiger partial charge is 0.303 e. The Hall–Kier alpha value is -1.79. The number of carbonyl (C=O) groups excluding carboxylic acids is 1. The van der Waals surface area contributed by atoms with Gasteiger partial charge < -0.3 is 4.90 Å². The summed E-state index contributed by atoms with van der Waals surface area (Å²) in [5, 5.41) is 0.0686. The molecule has 0 aliphatic carbocycles. The number of sulfone groups is 1. The van der Waals surface area contributed by atoms with Crippen molar-refractivity contribution < 1.29 is 13.2 Å². The highest BCUT2D eigenvalue weighted by Gasteiger charge is 2.25. The van der Waals surface area contributed by atoms with E-state index >= 15 is 0 Å². The van der Waals surface area contributed by atoms with Crippen LogP contribution < -0.4 is 4.90 Å². The van der Waals surface area contributed by atoms with E-state index in [0.717, 1.165) is 34.4 Å². The first-order valence-electron chi connectivity index (χ1n) is 8.70. The molecule has 0 spiro atoms. The Morgan fingerprint density at radius 1 is 1.04 bits per heavy atom. The maximum atomic E-state index is 12.6. The van der Waals surface area contributed by atoms with E-state index in [1.807, 2.05) is 56.3 Å². The molecule has 0 saturated carbocycles. The summed E-state index contributed by atoms with van der Waals surface area (Å²) in [6, 6.07) is 13.2. The maximum absolute atomic E-state index is 12.6. The van der Waals surface area contributed by atoms with Crippen LogP contribution in [0.2, 0.25) is 0 Å². The van der Waals surface area contributed by atoms with Crippen molar-refractivity contribution in [2.75, 3.05) is 11.4 Å². The Labute approximate surface area is 159 Å². The van der Waals surface area contributed by atoms with E-state index in [4.69, 9.17) is 0 Å². The first kappa shape index (κ1) is 19.0. The number of aryl methyl sites for hydroxylation is 1. The molecule has 26 heavy (non-hydrogen) atoms. The molecule has 0 unspecified atom stereocenters. The van der Waals surface area contributed by atoms with Crippen LogP contribution >= 0.6 is 11.8 Å². The lowest BCUT2D eigenvalue weighted by molar-refractivity contribution is 0.264. The predicted molar refractivity (Wildman–Crippen MR) is 108 cm³/mol. The number of hydrogen-bond donors (Lipinski definition) is 0. The van der Waals surface area contributed by atoms with Gasteiger partial charge in [0.05, 0.1) is 11.5 Å². The number of fused-ring (bicyclic) bond motifs is 1. The summed E-state index contributed by atoms with van der Waals surface area (Å²) in [4.78, 5) is 13.9. The fraction of sp³-hybridized carbons (Fsp3) is 0.350. The van der Waals surface area contributed by atoms with E-state index in [1.165, 1.54) is 11.8 Å². The summed E-state index contributed by atoms with van der Waals surface area (Å²) in [7, 11) is -3.25. The van der Waals surface area contributed by atoms with Crippen LogP contribution in [0.4, 0.5) is 10.5 Å². The lowest BCUT2D eigenvalue weighted by Crippen LogP contribution is -2.31. The third-order valence-corrected chi connectivity index (χ3v) is 6.82. The monoisotopic (exact) mass is 389 g/mol. The van der Waals surface area contributed by atoms with Gasteiger partial charge in [0.2, 0.25) is 0 Å². The lowest BCUT2D eigenvalue weighted by Gasteiger charge is -2.28. The smallest absolute Gasteiger partial charge is 0.286 e. The summed E-state index contributed by atoms with van der Waals surface area (Å²) in [5.74, 6) is 0.653. The molecule has 1 amide bonds. The topological polar surface area (TPSA) is 54.5 Å². The molecular formula is C20H23NO3S2. The molecule has 0 N–H and O–H groups in total. The van der Waals surface area contributed by atoms with E-state index in [2.05, 4.69) is 0 Å². The minimum atomic E-state index is -3.25. The number of anilines is 1. The summed E-state index contributed by atoms with van der Waals surface area (Å²) in [6.45, 7) is 4.71. The molecule has 4 nitrogen and oxygen atoms in total. The molecule has 3 rings (SSSR count). The average Bonchev–Trinajstić information content (AvgIpc) is 2.59. The highest BCUT2D eigenvalue weighted by Crippen LogP contribution is 2.34. The Bertz CT molecular complexity index is 905. The summed E-state index contributed by atoms with van der Waals surface area (Å²) < 4.78 is 25.1. The number of benzene rings is 2. The van der Waals surface area contributed by atoms with Crippen LogP contribution in [0.15, 0.2) is 42.5 Å². The van der Waals surface area contributed by atoms with Gasteiger partial charge in [-0.15, -0.1) is 0 Å². The standard InChI is InChI=1S/C20H23NO3S2/c1-3-10-21-19-9-8-17(11-18(19)12-25-20(21)22)14-26(23,24)13-16-6-4-15(2)5-7-16/h4-9,11H,3,10,12-14H2,1-2H3. The van der Waals surface area contributed by atoms with Crippen molar-refractivity contribution in [2.45, 2.75) is 37.5 Å². The predicted octanol–water partition coefficient (Wildman–Crippen LogP) is 4.69. The number of rotatable bonds is 6. The molecule has 2 aromatic rings. The van der Waals surface area contributed by atoms with Gasteiger partial charge in [-0.05, 0) is 36.1 Å². The quantitative estimate of drug-likeness (QED) is 0.719. The van der Waals surface area contributed by atoms with Crippen LogP contribution in [0.3, 0.4) is 0 Å². The second kappa shape index (κ2) is 7.84. The van der Waals surface area contributed by atoms with Crippen LogP contribution in [0.5, 0.6) is 0 Å². The summed E-state index contributed by atoms with van der Waals surface area (Å²) in [5.41, 5.74) is 4.65. The Kier molecular flexibility index (Phi) is 5.73. The first-order valence-corrected chi connectivity index (χ1v) is 11.5. The van der Waals surface area contributed by atoms with E-state index in [-0.39, 0.29) is 16.7 Å². The average molecular weight is 390 g/mol. The van der Waals surface area contributed by atoms with Gasteiger partial charge in [0, 0.05) is 18.0 Å². The van der Waals surface area contributed by atoms with Crippen LogP contribution in [-0.2, 0) is 27.1 Å². The molecule has 0 atom stereocenters. The van der Waals surface area contributed by atoms with Gasteiger partial charge in [-0.3, -0.25) is 4.79 Å². The fourth-order valence-electron chi connectivity index (χ4n) is 3.10. The molecule has 1 aliphatic heterocycles.